The van der Waals surface area contributed by atoms with Crippen LogP contribution in [0.1, 0.15) is 63.7 Å². The van der Waals surface area contributed by atoms with Gasteiger partial charge < -0.3 is 23.7 Å². The van der Waals surface area contributed by atoms with Crippen molar-refractivity contribution in [3.63, 3.8) is 0 Å². The van der Waals surface area contributed by atoms with Crippen LogP contribution in [0.15, 0.2) is 24.3 Å². The summed E-state index contributed by atoms with van der Waals surface area (Å²) in [5, 5.41) is 0. The minimum absolute atomic E-state index is 0.0702. The van der Waals surface area contributed by atoms with Crippen LogP contribution in [0.4, 0.5) is 13.2 Å². The second-order valence-corrected chi connectivity index (χ2v) is 8.73. The van der Waals surface area contributed by atoms with Gasteiger partial charge in [-0.3, -0.25) is 0 Å². The fourth-order valence-electron chi connectivity index (χ4n) is 3.94. The van der Waals surface area contributed by atoms with Crippen molar-refractivity contribution < 1.29 is 36.9 Å². The molecule has 0 N–H and O–H groups in total. The van der Waals surface area contributed by atoms with Crippen molar-refractivity contribution in [3.8, 4) is 5.75 Å². The van der Waals surface area contributed by atoms with Gasteiger partial charge in [-0.1, -0.05) is 38.3 Å². The molecule has 0 unspecified atom stereocenters. The molecule has 2 fully saturated rings. The summed E-state index contributed by atoms with van der Waals surface area (Å²) in [5.74, 6) is 1.05. The summed E-state index contributed by atoms with van der Waals surface area (Å²) in [6.45, 7) is 3.73. The van der Waals surface area contributed by atoms with E-state index in [1.54, 1.807) is 12.1 Å². The molecule has 2 heterocycles. The van der Waals surface area contributed by atoms with Gasteiger partial charge >= 0.3 is 6.18 Å². The van der Waals surface area contributed by atoms with E-state index in [0.29, 0.717) is 25.0 Å². The Labute approximate surface area is 188 Å². The monoisotopic (exact) mass is 460 g/mol. The number of hydrogen-bond acceptors (Lipinski definition) is 5. The Kier molecular flexibility index (Phi) is 10.1. The van der Waals surface area contributed by atoms with E-state index in [0.717, 1.165) is 44.5 Å². The van der Waals surface area contributed by atoms with E-state index in [1.165, 1.54) is 31.4 Å². The molecule has 2 aliphatic heterocycles. The van der Waals surface area contributed by atoms with E-state index in [9.17, 15) is 13.2 Å². The highest BCUT2D eigenvalue weighted by molar-refractivity contribution is 5.28. The van der Waals surface area contributed by atoms with Gasteiger partial charge in [0.15, 0.2) is 19.2 Å². The molecule has 32 heavy (non-hydrogen) atoms. The standard InChI is InChI=1S/C24H35F3O5/c1-2-3-6-18-13-28-22(29-14-18)8-5-4-7-19-15-30-23(31-16-19)20-9-11-21(12-10-20)32-17-24(25,26)27/h9-12,18-19,22-23H,2-8,13-17H2,1H3/t18-,19-,22-,23-. The molecular weight excluding hydrogens is 425 g/mol. The highest BCUT2D eigenvalue weighted by Crippen LogP contribution is 2.29. The zero-order valence-corrected chi connectivity index (χ0v) is 18.8. The summed E-state index contributed by atoms with van der Waals surface area (Å²) < 4.78 is 64.8. The van der Waals surface area contributed by atoms with Crippen LogP contribution in [0.25, 0.3) is 0 Å². The summed E-state index contributed by atoms with van der Waals surface area (Å²) >= 11 is 0. The maximum absolute atomic E-state index is 12.2. The number of unbranched alkanes of at least 4 members (excludes halogenated alkanes) is 2. The molecule has 2 aliphatic rings. The predicted molar refractivity (Wildman–Crippen MR) is 113 cm³/mol. The summed E-state index contributed by atoms with van der Waals surface area (Å²) in [6, 6.07) is 6.35. The first kappa shape index (κ1) is 25.3. The van der Waals surface area contributed by atoms with Gasteiger partial charge in [-0.25, -0.2) is 0 Å². The Morgan fingerprint density at radius 3 is 1.97 bits per heavy atom. The Morgan fingerprint density at radius 1 is 0.812 bits per heavy atom. The molecule has 5 nitrogen and oxygen atoms in total. The van der Waals surface area contributed by atoms with Crippen LogP contribution < -0.4 is 4.74 Å². The average Bonchev–Trinajstić information content (AvgIpc) is 2.80. The fraction of sp³-hybridized carbons (Fsp3) is 0.750. The third-order valence-electron chi connectivity index (χ3n) is 5.83. The van der Waals surface area contributed by atoms with E-state index < -0.39 is 19.1 Å². The van der Waals surface area contributed by atoms with Crippen molar-refractivity contribution in [1.29, 1.82) is 0 Å². The second-order valence-electron chi connectivity index (χ2n) is 8.73. The number of ether oxygens (including phenoxy) is 5. The van der Waals surface area contributed by atoms with E-state index in [2.05, 4.69) is 6.92 Å². The Morgan fingerprint density at radius 2 is 1.38 bits per heavy atom. The van der Waals surface area contributed by atoms with Crippen LogP contribution in [-0.2, 0) is 18.9 Å². The fourth-order valence-corrected chi connectivity index (χ4v) is 3.94. The molecular formula is C24H35F3O5. The number of hydrogen-bond donors (Lipinski definition) is 0. The number of halogens is 3. The van der Waals surface area contributed by atoms with Crippen LogP contribution in [0.2, 0.25) is 0 Å². The number of rotatable bonds is 11. The van der Waals surface area contributed by atoms with Crippen molar-refractivity contribution >= 4 is 0 Å². The highest BCUT2D eigenvalue weighted by atomic mass is 19.4. The SMILES string of the molecule is CCCC[C@H]1CO[C@H](CCCC[C@H]2CO[C@H](c3ccc(OCC(F)(F)F)cc3)OC2)OC1. The first-order chi connectivity index (χ1) is 15.4. The van der Waals surface area contributed by atoms with Gasteiger partial charge in [0.1, 0.15) is 5.75 Å². The third kappa shape index (κ3) is 8.89. The lowest BCUT2D eigenvalue weighted by atomic mass is 10.0. The van der Waals surface area contributed by atoms with Crippen molar-refractivity contribution in [2.24, 2.45) is 11.8 Å². The van der Waals surface area contributed by atoms with Crippen molar-refractivity contribution in [1.82, 2.24) is 0 Å². The van der Waals surface area contributed by atoms with Crippen molar-refractivity contribution in [2.75, 3.05) is 33.0 Å². The molecule has 0 amide bonds. The van der Waals surface area contributed by atoms with Crippen LogP contribution >= 0.6 is 0 Å². The van der Waals surface area contributed by atoms with E-state index in [1.807, 2.05) is 0 Å². The molecule has 8 heteroatoms. The summed E-state index contributed by atoms with van der Waals surface area (Å²) in [6.07, 6.45) is 2.76. The van der Waals surface area contributed by atoms with Gasteiger partial charge in [0.25, 0.3) is 0 Å². The molecule has 0 saturated carbocycles. The molecule has 182 valence electrons. The second kappa shape index (κ2) is 12.8. The van der Waals surface area contributed by atoms with Crippen molar-refractivity contribution in [2.45, 2.75) is 70.6 Å². The smallest absolute Gasteiger partial charge is 0.422 e. The quantitative estimate of drug-likeness (QED) is 0.378. The lowest BCUT2D eigenvalue weighted by molar-refractivity contribution is -0.208. The molecule has 0 aromatic heterocycles. The normalized spacial score (nSPS) is 26.8. The van der Waals surface area contributed by atoms with E-state index >= 15 is 0 Å². The van der Waals surface area contributed by atoms with Gasteiger partial charge in [-0.05, 0) is 37.8 Å². The minimum Gasteiger partial charge on any atom is -0.484 e. The molecule has 1 aromatic rings. The molecule has 0 spiro atoms. The first-order valence-electron chi connectivity index (χ1n) is 11.7. The van der Waals surface area contributed by atoms with Crippen LogP contribution in [0, 0.1) is 11.8 Å². The molecule has 0 atom stereocenters. The lowest BCUT2D eigenvalue weighted by Crippen LogP contribution is -2.32. The van der Waals surface area contributed by atoms with Crippen LogP contribution in [0.5, 0.6) is 5.75 Å². The zero-order chi connectivity index (χ0) is 22.8. The van der Waals surface area contributed by atoms with Gasteiger partial charge in [0.2, 0.25) is 0 Å². The maximum Gasteiger partial charge on any atom is 0.422 e. The minimum atomic E-state index is -4.35. The maximum atomic E-state index is 12.2. The Hall–Kier alpha value is -1.35. The Bertz CT molecular complexity index is 636. The topological polar surface area (TPSA) is 46.2 Å². The molecule has 0 radical (unpaired) electrons. The Balaban J connectivity index is 1.26. The number of alkyl halides is 3. The van der Waals surface area contributed by atoms with Crippen molar-refractivity contribution in [3.05, 3.63) is 29.8 Å². The summed E-state index contributed by atoms with van der Waals surface area (Å²) in [4.78, 5) is 0. The summed E-state index contributed by atoms with van der Waals surface area (Å²) in [5.41, 5.74) is 0.770. The largest absolute Gasteiger partial charge is 0.484 e. The van der Waals surface area contributed by atoms with Crippen LogP contribution in [0.3, 0.4) is 0 Å². The molecule has 1 aromatic carbocycles. The first-order valence-corrected chi connectivity index (χ1v) is 11.7. The molecule has 0 bridgehead atoms. The van der Waals surface area contributed by atoms with Gasteiger partial charge in [-0.2, -0.15) is 13.2 Å². The van der Waals surface area contributed by atoms with Gasteiger partial charge in [-0.15, -0.1) is 0 Å². The third-order valence-corrected chi connectivity index (χ3v) is 5.83. The molecule has 3 rings (SSSR count). The van der Waals surface area contributed by atoms with E-state index in [-0.39, 0.29) is 12.0 Å². The predicted octanol–water partition coefficient (Wildman–Crippen LogP) is 6.03. The van der Waals surface area contributed by atoms with Gasteiger partial charge in [0.05, 0.1) is 26.4 Å². The number of benzene rings is 1. The zero-order valence-electron chi connectivity index (χ0n) is 18.8. The molecule has 0 aliphatic carbocycles. The highest BCUT2D eigenvalue weighted by Gasteiger charge is 2.29. The van der Waals surface area contributed by atoms with Gasteiger partial charge in [0, 0.05) is 17.4 Å². The van der Waals surface area contributed by atoms with E-state index in [4.69, 9.17) is 23.7 Å². The average molecular weight is 461 g/mol. The molecule has 2 saturated heterocycles. The summed E-state index contributed by atoms with van der Waals surface area (Å²) in [7, 11) is 0. The lowest BCUT2D eigenvalue weighted by Gasteiger charge is -2.30. The van der Waals surface area contributed by atoms with Crippen LogP contribution in [-0.4, -0.2) is 45.5 Å².